The highest BCUT2D eigenvalue weighted by Crippen LogP contribution is 2.41. The van der Waals surface area contributed by atoms with Crippen molar-refractivity contribution in [2.24, 2.45) is 0 Å². The average molecular weight is 611 g/mol. The molecule has 0 fully saturated rings. The normalized spacial score (nSPS) is 18.2. The van der Waals surface area contributed by atoms with Gasteiger partial charge in [-0.05, 0) is 122 Å². The van der Waals surface area contributed by atoms with Crippen LogP contribution in [-0.2, 0) is 25.7 Å². The van der Waals surface area contributed by atoms with Crippen molar-refractivity contribution in [3.05, 3.63) is 100 Å². The van der Waals surface area contributed by atoms with Crippen LogP contribution >= 0.6 is 0 Å². The lowest BCUT2D eigenvalue weighted by molar-refractivity contribution is 0.227. The van der Waals surface area contributed by atoms with Crippen LogP contribution in [0.1, 0.15) is 45.5 Å². The fourth-order valence-corrected chi connectivity index (χ4v) is 6.73. The van der Waals surface area contributed by atoms with E-state index >= 15 is 0 Å². The number of phenols is 2. The molecular weight excluding hydrogens is 568 g/mol. The summed E-state index contributed by atoms with van der Waals surface area (Å²) in [6, 6.07) is 21.9. The van der Waals surface area contributed by atoms with E-state index < -0.39 is 0 Å². The molecule has 0 amide bonds. The topological polar surface area (TPSA) is 83.9 Å². The van der Waals surface area contributed by atoms with Crippen LogP contribution in [0.5, 0.6) is 40.2 Å². The second kappa shape index (κ2) is 12.9. The quantitative estimate of drug-likeness (QED) is 0.224. The number of hydrogen-bond acceptors (Lipinski definition) is 8. The lowest BCUT2D eigenvalue weighted by Crippen LogP contribution is -2.33. The minimum absolute atomic E-state index is 0.0994. The van der Waals surface area contributed by atoms with Gasteiger partial charge in [0.2, 0.25) is 0 Å². The first-order chi connectivity index (χ1) is 21.8. The molecule has 2 heterocycles. The summed E-state index contributed by atoms with van der Waals surface area (Å²) in [6.45, 7) is 1.88. The largest absolute Gasteiger partial charge is 0.504 e. The Morgan fingerprint density at radius 2 is 1.13 bits per heavy atom. The van der Waals surface area contributed by atoms with Gasteiger partial charge in [-0.3, -0.25) is 9.80 Å². The number of methoxy groups -OCH3 is 3. The molecule has 8 heteroatoms. The number of rotatable bonds is 9. The van der Waals surface area contributed by atoms with E-state index in [9.17, 15) is 10.2 Å². The van der Waals surface area contributed by atoms with Gasteiger partial charge in [-0.2, -0.15) is 0 Å². The predicted octanol–water partition coefficient (Wildman–Crippen LogP) is 6.46. The average Bonchev–Trinajstić information content (AvgIpc) is 3.05. The van der Waals surface area contributed by atoms with Gasteiger partial charge in [0.25, 0.3) is 0 Å². The van der Waals surface area contributed by atoms with Crippen molar-refractivity contribution < 1.29 is 29.2 Å². The van der Waals surface area contributed by atoms with Crippen molar-refractivity contribution in [2.45, 2.75) is 37.8 Å². The van der Waals surface area contributed by atoms with E-state index in [0.717, 1.165) is 67.0 Å². The summed E-state index contributed by atoms with van der Waals surface area (Å²) in [6.07, 6.45) is 3.42. The molecular formula is C37H42N2O6. The van der Waals surface area contributed by atoms with Gasteiger partial charge in [-0.25, -0.2) is 0 Å². The molecule has 2 atom stereocenters. The van der Waals surface area contributed by atoms with Crippen molar-refractivity contribution >= 4 is 0 Å². The highest BCUT2D eigenvalue weighted by atomic mass is 16.5. The van der Waals surface area contributed by atoms with Crippen molar-refractivity contribution in [1.82, 2.24) is 9.80 Å². The van der Waals surface area contributed by atoms with Crippen LogP contribution in [0.25, 0.3) is 0 Å². The fourth-order valence-electron chi connectivity index (χ4n) is 6.73. The van der Waals surface area contributed by atoms with Crippen LogP contribution in [0.15, 0.2) is 66.7 Å². The molecule has 2 aliphatic heterocycles. The van der Waals surface area contributed by atoms with Crippen LogP contribution in [0.2, 0.25) is 0 Å². The summed E-state index contributed by atoms with van der Waals surface area (Å²) in [5, 5.41) is 21.1. The van der Waals surface area contributed by atoms with Gasteiger partial charge < -0.3 is 29.2 Å². The molecule has 4 aromatic carbocycles. The number of likely N-dealkylation sites (N-methyl/N-ethyl adjacent to an activating group) is 2. The van der Waals surface area contributed by atoms with Gasteiger partial charge in [-0.15, -0.1) is 0 Å². The van der Waals surface area contributed by atoms with Crippen molar-refractivity contribution in [2.75, 3.05) is 48.5 Å². The molecule has 0 saturated carbocycles. The van der Waals surface area contributed by atoms with Gasteiger partial charge in [0.15, 0.2) is 34.5 Å². The summed E-state index contributed by atoms with van der Waals surface area (Å²) in [7, 11) is 9.18. The maximum Gasteiger partial charge on any atom is 0.169 e. The van der Waals surface area contributed by atoms with E-state index in [1.165, 1.54) is 16.7 Å². The Morgan fingerprint density at radius 3 is 1.76 bits per heavy atom. The first-order valence-corrected chi connectivity index (χ1v) is 15.4. The molecule has 0 bridgehead atoms. The van der Waals surface area contributed by atoms with Crippen molar-refractivity contribution in [3.63, 3.8) is 0 Å². The molecule has 2 aliphatic rings. The molecule has 45 heavy (non-hydrogen) atoms. The third-order valence-electron chi connectivity index (χ3n) is 9.37. The summed E-state index contributed by atoms with van der Waals surface area (Å²) in [5.74, 6) is 3.35. The molecule has 0 unspecified atom stereocenters. The maximum absolute atomic E-state index is 10.7. The first kappa shape index (κ1) is 30.6. The fraction of sp³-hybridized carbons (Fsp3) is 0.351. The lowest BCUT2D eigenvalue weighted by Gasteiger charge is -2.35. The van der Waals surface area contributed by atoms with Gasteiger partial charge in [0.05, 0.1) is 21.3 Å². The monoisotopic (exact) mass is 610 g/mol. The van der Waals surface area contributed by atoms with Crippen LogP contribution in [-0.4, -0.2) is 68.5 Å². The Hall–Kier alpha value is -4.40. The molecule has 0 aliphatic carbocycles. The number of ether oxygens (including phenoxy) is 4. The Balaban J connectivity index is 1.18. The van der Waals surface area contributed by atoms with Crippen LogP contribution in [0.3, 0.4) is 0 Å². The van der Waals surface area contributed by atoms with E-state index in [2.05, 4.69) is 48.2 Å². The Bertz CT molecular complexity index is 1670. The summed E-state index contributed by atoms with van der Waals surface area (Å²) < 4.78 is 22.7. The van der Waals surface area contributed by atoms with Gasteiger partial charge in [0, 0.05) is 25.2 Å². The van der Waals surface area contributed by atoms with Crippen molar-refractivity contribution in [3.8, 4) is 40.2 Å². The number of aromatic hydroxyl groups is 2. The molecule has 8 nitrogen and oxygen atoms in total. The van der Waals surface area contributed by atoms with E-state index in [-0.39, 0.29) is 23.6 Å². The molecule has 4 aromatic rings. The van der Waals surface area contributed by atoms with Gasteiger partial charge >= 0.3 is 0 Å². The lowest BCUT2D eigenvalue weighted by atomic mass is 9.88. The second-order valence-electron chi connectivity index (χ2n) is 12.1. The maximum atomic E-state index is 10.7. The number of hydrogen-bond donors (Lipinski definition) is 2. The van der Waals surface area contributed by atoms with Gasteiger partial charge in [-0.1, -0.05) is 18.2 Å². The minimum Gasteiger partial charge on any atom is -0.504 e. The Kier molecular flexibility index (Phi) is 8.79. The summed E-state index contributed by atoms with van der Waals surface area (Å²) in [4.78, 5) is 4.69. The smallest absolute Gasteiger partial charge is 0.169 e. The molecule has 6 rings (SSSR count). The molecule has 0 aromatic heterocycles. The zero-order chi connectivity index (χ0) is 31.7. The summed E-state index contributed by atoms with van der Waals surface area (Å²) in [5.41, 5.74) is 7.07. The number of fused-ring (bicyclic) bond motifs is 2. The molecule has 0 spiro atoms. The van der Waals surface area contributed by atoms with E-state index in [1.54, 1.807) is 27.4 Å². The third kappa shape index (κ3) is 6.26. The number of nitrogens with zero attached hydrogens (tertiary/aromatic N) is 2. The molecule has 0 saturated heterocycles. The van der Waals surface area contributed by atoms with E-state index in [0.29, 0.717) is 17.2 Å². The predicted molar refractivity (Wildman–Crippen MR) is 174 cm³/mol. The van der Waals surface area contributed by atoms with Crippen LogP contribution in [0.4, 0.5) is 0 Å². The number of benzene rings is 4. The SMILES string of the molecule is COc1cc2c(cc1O)[C@H](Cc1ccc(Oc3cc(C[C@@H]4c5cc(OC)c(OC)cc5CCN4C)ccc3O)cc1)N(C)CC2. The minimum atomic E-state index is 0.0994. The zero-order valence-electron chi connectivity index (χ0n) is 26.7. The molecule has 236 valence electrons. The van der Waals surface area contributed by atoms with Gasteiger partial charge in [0.1, 0.15) is 5.75 Å². The highest BCUT2D eigenvalue weighted by molar-refractivity contribution is 5.51. The van der Waals surface area contributed by atoms with E-state index in [1.807, 2.05) is 36.4 Å². The van der Waals surface area contributed by atoms with Crippen molar-refractivity contribution in [1.29, 1.82) is 0 Å². The Labute approximate surface area is 265 Å². The highest BCUT2D eigenvalue weighted by Gasteiger charge is 2.28. The first-order valence-electron chi connectivity index (χ1n) is 15.4. The second-order valence-corrected chi connectivity index (χ2v) is 12.1. The number of phenolic OH excluding ortho intramolecular Hbond substituents is 2. The standard InChI is InChI=1S/C37H42N2O6/c1-38-14-12-25-19-34(42-3)33(41)21-28(25)30(38)16-23-6-9-27(10-7-23)45-35-18-24(8-11-32(35)40)17-31-29-22-37(44-5)36(43-4)20-26(29)13-15-39(31)2/h6-11,18-22,30-31,40-41H,12-17H2,1-5H3/t30-,31+/m0/s1. The summed E-state index contributed by atoms with van der Waals surface area (Å²) >= 11 is 0. The Morgan fingerprint density at radius 1 is 0.600 bits per heavy atom. The third-order valence-corrected chi connectivity index (χ3v) is 9.37. The van der Waals surface area contributed by atoms with Crippen LogP contribution < -0.4 is 18.9 Å². The zero-order valence-corrected chi connectivity index (χ0v) is 26.7. The molecule has 2 N–H and O–H groups in total. The van der Waals surface area contributed by atoms with E-state index in [4.69, 9.17) is 18.9 Å². The van der Waals surface area contributed by atoms with Crippen LogP contribution in [0, 0.1) is 0 Å². The molecule has 0 radical (unpaired) electrons.